The largest absolute Gasteiger partial charge is 0.341 e. The first-order chi connectivity index (χ1) is 13.2. The van der Waals surface area contributed by atoms with Crippen LogP contribution in [0.2, 0.25) is 0 Å². The Morgan fingerprint density at radius 1 is 1.15 bits per heavy atom. The molecule has 1 aromatic heterocycles. The Hall–Kier alpha value is -2.70. The molecule has 0 radical (unpaired) electrons. The topological polar surface area (TPSA) is 71.3 Å². The number of benzene rings is 1. The third-order valence-corrected chi connectivity index (χ3v) is 5.66. The molecule has 1 atom stereocenters. The van der Waals surface area contributed by atoms with Crippen LogP contribution in [0, 0.1) is 0 Å². The highest BCUT2D eigenvalue weighted by Crippen LogP contribution is 2.39. The van der Waals surface area contributed by atoms with E-state index in [-0.39, 0.29) is 11.8 Å². The first-order valence-corrected chi connectivity index (χ1v) is 9.75. The molecule has 2 fully saturated rings. The molecule has 1 spiro atoms. The minimum atomic E-state index is -0.693. The first-order valence-electron chi connectivity index (χ1n) is 9.75. The highest BCUT2D eigenvalue weighted by atomic mass is 16.2. The summed E-state index contributed by atoms with van der Waals surface area (Å²) in [5.41, 5.74) is 0.449. The molecule has 0 N–H and O–H groups in total. The van der Waals surface area contributed by atoms with Crippen molar-refractivity contribution in [2.45, 2.75) is 44.6 Å². The van der Waals surface area contributed by atoms with E-state index in [0.717, 1.165) is 50.9 Å². The van der Waals surface area contributed by atoms with Crippen LogP contribution in [0.15, 0.2) is 36.5 Å². The molecule has 1 aromatic carbocycles. The number of amides is 2. The van der Waals surface area contributed by atoms with Gasteiger partial charge in [-0.1, -0.05) is 30.3 Å². The summed E-state index contributed by atoms with van der Waals surface area (Å²) >= 11 is 0. The van der Waals surface area contributed by atoms with Gasteiger partial charge < -0.3 is 9.80 Å². The lowest BCUT2D eigenvalue weighted by molar-refractivity contribution is -0.145. The van der Waals surface area contributed by atoms with E-state index in [4.69, 9.17) is 0 Å². The molecule has 27 heavy (non-hydrogen) atoms. The van der Waals surface area contributed by atoms with Crippen molar-refractivity contribution in [2.75, 3.05) is 19.6 Å². The van der Waals surface area contributed by atoms with Crippen LogP contribution in [0.1, 0.15) is 49.5 Å². The van der Waals surface area contributed by atoms with Gasteiger partial charge in [0.2, 0.25) is 5.91 Å². The lowest BCUT2D eigenvalue weighted by Crippen LogP contribution is -2.61. The zero-order valence-corrected chi connectivity index (χ0v) is 15.7. The van der Waals surface area contributed by atoms with E-state index < -0.39 is 5.54 Å². The van der Waals surface area contributed by atoms with Gasteiger partial charge in [-0.2, -0.15) is 0 Å². The molecule has 1 unspecified atom stereocenters. The fourth-order valence-corrected chi connectivity index (χ4v) is 4.41. The van der Waals surface area contributed by atoms with E-state index in [1.807, 2.05) is 35.2 Å². The molecule has 2 amide bonds. The maximum Gasteiger partial charge on any atom is 0.276 e. The maximum atomic E-state index is 13.2. The number of nitrogens with zero attached hydrogens (tertiary/aromatic N) is 5. The van der Waals surface area contributed by atoms with Crippen LogP contribution in [0.4, 0.5) is 0 Å². The van der Waals surface area contributed by atoms with Crippen molar-refractivity contribution in [3.8, 4) is 5.69 Å². The second-order valence-corrected chi connectivity index (χ2v) is 7.37. The van der Waals surface area contributed by atoms with E-state index in [9.17, 15) is 9.59 Å². The number of hydrogen-bond donors (Lipinski definition) is 0. The van der Waals surface area contributed by atoms with Gasteiger partial charge in [0.05, 0.1) is 11.9 Å². The predicted molar refractivity (Wildman–Crippen MR) is 100 cm³/mol. The molecular formula is C20H25N5O2. The number of rotatable bonds is 4. The molecule has 0 saturated carbocycles. The summed E-state index contributed by atoms with van der Waals surface area (Å²) in [5.74, 6) is -0.0849. The third kappa shape index (κ3) is 3.01. The number of piperidine rings is 1. The van der Waals surface area contributed by atoms with Crippen LogP contribution in [0.25, 0.3) is 5.69 Å². The Kier molecular flexibility index (Phi) is 4.68. The Bertz CT molecular complexity index is 832. The normalized spacial score (nSPS) is 22.6. The van der Waals surface area contributed by atoms with Gasteiger partial charge in [-0.3, -0.25) is 9.59 Å². The monoisotopic (exact) mass is 367 g/mol. The van der Waals surface area contributed by atoms with E-state index in [1.165, 1.54) is 0 Å². The number of carbonyl (C=O) groups excluding carboxylic acids is 2. The fraction of sp³-hybridized carbons (Fsp3) is 0.500. The molecule has 2 saturated heterocycles. The summed E-state index contributed by atoms with van der Waals surface area (Å²) in [6.45, 7) is 4.23. The molecule has 2 aromatic rings. The lowest BCUT2D eigenvalue weighted by Gasteiger charge is -2.44. The van der Waals surface area contributed by atoms with Crippen molar-refractivity contribution >= 4 is 11.8 Å². The summed E-state index contributed by atoms with van der Waals surface area (Å²) < 4.78 is 1.60. The van der Waals surface area contributed by atoms with E-state index in [1.54, 1.807) is 15.8 Å². The van der Waals surface area contributed by atoms with Gasteiger partial charge in [-0.15, -0.1) is 5.10 Å². The smallest absolute Gasteiger partial charge is 0.276 e. The minimum absolute atomic E-state index is 0.108. The van der Waals surface area contributed by atoms with Crippen molar-refractivity contribution in [3.05, 3.63) is 42.2 Å². The highest BCUT2D eigenvalue weighted by Gasteiger charge is 2.53. The Labute approximate surface area is 158 Å². The van der Waals surface area contributed by atoms with Crippen molar-refractivity contribution in [1.29, 1.82) is 0 Å². The van der Waals surface area contributed by atoms with Crippen molar-refractivity contribution in [1.82, 2.24) is 24.8 Å². The second-order valence-electron chi connectivity index (χ2n) is 7.37. The van der Waals surface area contributed by atoms with E-state index in [0.29, 0.717) is 12.2 Å². The van der Waals surface area contributed by atoms with E-state index >= 15 is 0 Å². The van der Waals surface area contributed by atoms with Crippen LogP contribution in [0.3, 0.4) is 0 Å². The summed E-state index contributed by atoms with van der Waals surface area (Å²) in [4.78, 5) is 30.1. The maximum absolute atomic E-state index is 13.2. The van der Waals surface area contributed by atoms with Crippen molar-refractivity contribution < 1.29 is 9.59 Å². The van der Waals surface area contributed by atoms with Gasteiger partial charge >= 0.3 is 0 Å². The average Bonchev–Trinajstić information content (AvgIpc) is 3.34. The molecule has 0 aliphatic carbocycles. The van der Waals surface area contributed by atoms with Crippen LogP contribution in [-0.4, -0.2) is 61.8 Å². The zero-order valence-electron chi connectivity index (χ0n) is 15.7. The number of hydrogen-bond acceptors (Lipinski definition) is 4. The second kappa shape index (κ2) is 7.13. The van der Waals surface area contributed by atoms with Gasteiger partial charge in [-0.05, 0) is 44.2 Å². The quantitative estimate of drug-likeness (QED) is 0.831. The predicted octanol–water partition coefficient (Wildman–Crippen LogP) is 2.27. The van der Waals surface area contributed by atoms with Crippen molar-refractivity contribution in [3.63, 3.8) is 0 Å². The van der Waals surface area contributed by atoms with Gasteiger partial charge in [0.1, 0.15) is 5.54 Å². The molecule has 7 heteroatoms. The average molecular weight is 367 g/mol. The highest BCUT2D eigenvalue weighted by molar-refractivity contribution is 5.98. The van der Waals surface area contributed by atoms with Gasteiger partial charge in [0.15, 0.2) is 5.69 Å². The summed E-state index contributed by atoms with van der Waals surface area (Å²) in [5, 5.41) is 8.19. The number of likely N-dealkylation sites (tertiary alicyclic amines) is 2. The lowest BCUT2D eigenvalue weighted by atomic mass is 9.85. The standard InChI is InChI=1S/C20H25N5O2/c1-2-12-23-13-6-10-20(19(23)27)11-7-14-24(20)18(26)17-15-25(22-21-17)16-8-4-3-5-9-16/h3-5,8-9,15H,2,6-7,10-14H2,1H3. The Morgan fingerprint density at radius 3 is 2.63 bits per heavy atom. The molecule has 7 nitrogen and oxygen atoms in total. The first kappa shape index (κ1) is 17.7. The van der Waals surface area contributed by atoms with Gasteiger partial charge in [-0.25, -0.2) is 4.68 Å². The van der Waals surface area contributed by atoms with Crippen LogP contribution in [0.5, 0.6) is 0 Å². The minimum Gasteiger partial charge on any atom is -0.341 e. The SMILES string of the molecule is CCCN1CCCC2(CCCN2C(=O)c2cn(-c3ccccc3)nn2)C1=O. The molecule has 0 bridgehead atoms. The molecular weight excluding hydrogens is 342 g/mol. The molecule has 3 heterocycles. The van der Waals surface area contributed by atoms with Crippen LogP contribution >= 0.6 is 0 Å². The Balaban J connectivity index is 1.60. The summed E-state index contributed by atoms with van der Waals surface area (Å²) in [6.07, 6.45) is 5.85. The molecule has 2 aliphatic rings. The number of carbonyl (C=O) groups is 2. The van der Waals surface area contributed by atoms with Crippen LogP contribution in [-0.2, 0) is 4.79 Å². The van der Waals surface area contributed by atoms with Gasteiger partial charge in [0.25, 0.3) is 5.91 Å². The molecule has 2 aliphatic heterocycles. The number of para-hydroxylation sites is 1. The van der Waals surface area contributed by atoms with Gasteiger partial charge in [0, 0.05) is 19.6 Å². The molecule has 142 valence electrons. The Morgan fingerprint density at radius 2 is 1.89 bits per heavy atom. The van der Waals surface area contributed by atoms with Crippen molar-refractivity contribution in [2.24, 2.45) is 0 Å². The molecule has 4 rings (SSSR count). The summed E-state index contributed by atoms with van der Waals surface area (Å²) in [6, 6.07) is 9.58. The zero-order chi connectivity index (χ0) is 18.9. The summed E-state index contributed by atoms with van der Waals surface area (Å²) in [7, 11) is 0. The van der Waals surface area contributed by atoms with Crippen LogP contribution < -0.4 is 0 Å². The third-order valence-electron chi connectivity index (χ3n) is 5.66. The fourth-order valence-electron chi connectivity index (χ4n) is 4.41. The number of aromatic nitrogens is 3. The van der Waals surface area contributed by atoms with E-state index in [2.05, 4.69) is 17.2 Å².